The van der Waals surface area contributed by atoms with E-state index in [0.717, 1.165) is 34.5 Å². The van der Waals surface area contributed by atoms with Gasteiger partial charge in [0.1, 0.15) is 12.4 Å². The van der Waals surface area contributed by atoms with Crippen LogP contribution >= 0.6 is 22.7 Å². The summed E-state index contributed by atoms with van der Waals surface area (Å²) in [6, 6.07) is 16.1. The molecule has 0 atom stereocenters. The van der Waals surface area contributed by atoms with Crippen molar-refractivity contribution in [2.24, 2.45) is 0 Å². The monoisotopic (exact) mass is 460 g/mol. The fourth-order valence-corrected chi connectivity index (χ4v) is 4.79. The predicted octanol–water partition coefficient (Wildman–Crippen LogP) is 6.07. The largest absolute Gasteiger partial charge is 0.489 e. The van der Waals surface area contributed by atoms with Gasteiger partial charge < -0.3 is 4.74 Å². The Kier molecular flexibility index (Phi) is 5.70. The Hall–Kier alpha value is -3.49. The van der Waals surface area contributed by atoms with E-state index in [0.29, 0.717) is 16.6 Å². The van der Waals surface area contributed by atoms with Gasteiger partial charge in [-0.25, -0.2) is 4.98 Å². The van der Waals surface area contributed by atoms with Crippen LogP contribution < -0.4 is 10.1 Å². The van der Waals surface area contributed by atoms with Crippen molar-refractivity contribution in [1.82, 2.24) is 14.8 Å². The molecule has 0 aliphatic rings. The molecule has 0 fully saturated rings. The third-order valence-electron chi connectivity index (χ3n) is 4.98. The molecule has 0 radical (unpaired) electrons. The lowest BCUT2D eigenvalue weighted by atomic mass is 10.1. The van der Waals surface area contributed by atoms with Crippen molar-refractivity contribution in [3.05, 3.63) is 82.1 Å². The van der Waals surface area contributed by atoms with Gasteiger partial charge in [0, 0.05) is 29.2 Å². The van der Waals surface area contributed by atoms with Crippen molar-refractivity contribution in [2.45, 2.75) is 20.1 Å². The number of nitrogens with one attached hydrogen (secondary N) is 1. The molecule has 32 heavy (non-hydrogen) atoms. The molecule has 5 aromatic rings. The van der Waals surface area contributed by atoms with Gasteiger partial charge in [-0.15, -0.1) is 22.7 Å². The number of thiophene rings is 1. The highest BCUT2D eigenvalue weighted by Gasteiger charge is 2.13. The first kappa shape index (κ1) is 20.4. The fourth-order valence-electron chi connectivity index (χ4n) is 3.29. The summed E-state index contributed by atoms with van der Waals surface area (Å²) in [5.41, 5.74) is 2.70. The normalized spacial score (nSPS) is 11.0. The highest BCUT2D eigenvalue weighted by atomic mass is 32.1. The minimum atomic E-state index is -0.169. The molecule has 6 nitrogen and oxygen atoms in total. The molecule has 2 aromatic carbocycles. The van der Waals surface area contributed by atoms with E-state index in [1.165, 1.54) is 28.1 Å². The lowest BCUT2D eigenvalue weighted by molar-refractivity contribution is 0.103. The van der Waals surface area contributed by atoms with Crippen LogP contribution in [0.1, 0.15) is 22.2 Å². The van der Waals surface area contributed by atoms with E-state index in [-0.39, 0.29) is 5.91 Å². The number of nitrogens with zero attached hydrogens (tertiary/aromatic N) is 3. The zero-order chi connectivity index (χ0) is 21.9. The van der Waals surface area contributed by atoms with Crippen LogP contribution in [0.15, 0.2) is 71.7 Å². The third kappa shape index (κ3) is 4.42. The van der Waals surface area contributed by atoms with E-state index in [1.807, 2.05) is 65.0 Å². The van der Waals surface area contributed by atoms with E-state index >= 15 is 0 Å². The number of rotatable bonds is 7. The van der Waals surface area contributed by atoms with Crippen LogP contribution in [0.25, 0.3) is 22.0 Å². The molecule has 1 N–H and O–H groups in total. The van der Waals surface area contributed by atoms with Gasteiger partial charge >= 0.3 is 0 Å². The molecule has 8 heteroatoms. The molecule has 0 spiro atoms. The van der Waals surface area contributed by atoms with Crippen LogP contribution in [-0.4, -0.2) is 20.7 Å². The first-order valence-corrected chi connectivity index (χ1v) is 11.9. The van der Waals surface area contributed by atoms with Crippen molar-refractivity contribution >= 4 is 44.5 Å². The number of thiazole rings is 1. The van der Waals surface area contributed by atoms with E-state index in [2.05, 4.69) is 27.5 Å². The van der Waals surface area contributed by atoms with E-state index < -0.39 is 0 Å². The number of aromatic nitrogens is 3. The lowest BCUT2D eigenvalue weighted by Crippen LogP contribution is -2.09. The zero-order valence-electron chi connectivity index (χ0n) is 17.3. The number of fused-ring (bicyclic) bond motifs is 1. The average Bonchev–Trinajstić information content (AvgIpc) is 3.58. The van der Waals surface area contributed by atoms with Gasteiger partial charge in [0.25, 0.3) is 5.91 Å². The topological polar surface area (TPSA) is 69.0 Å². The molecule has 0 aliphatic heterocycles. The lowest BCUT2D eigenvalue weighted by Gasteiger charge is -2.06. The zero-order valence-corrected chi connectivity index (χ0v) is 19.0. The molecule has 0 bridgehead atoms. The van der Waals surface area contributed by atoms with Gasteiger partial charge in [-0.3, -0.25) is 14.8 Å². The number of ether oxygens (including phenoxy) is 1. The summed E-state index contributed by atoms with van der Waals surface area (Å²) in [5.74, 6) is 0.639. The molecule has 0 saturated heterocycles. The Morgan fingerprint density at radius 1 is 1.09 bits per heavy atom. The Labute approximate surface area is 193 Å². The summed E-state index contributed by atoms with van der Waals surface area (Å²) in [6.07, 6.45) is 3.73. The van der Waals surface area contributed by atoms with Gasteiger partial charge in [-0.1, -0.05) is 30.3 Å². The smallest absolute Gasteiger partial charge is 0.267 e. The minimum Gasteiger partial charge on any atom is -0.489 e. The first-order chi connectivity index (χ1) is 15.7. The van der Waals surface area contributed by atoms with Crippen LogP contribution in [0.5, 0.6) is 5.75 Å². The molecule has 0 aliphatic carbocycles. The van der Waals surface area contributed by atoms with Crippen molar-refractivity contribution in [1.29, 1.82) is 0 Å². The Bertz CT molecular complexity index is 1390. The summed E-state index contributed by atoms with van der Waals surface area (Å²) in [6.45, 7) is 3.25. The van der Waals surface area contributed by atoms with E-state index in [4.69, 9.17) is 4.74 Å². The van der Waals surface area contributed by atoms with Crippen molar-refractivity contribution in [2.75, 3.05) is 5.32 Å². The van der Waals surface area contributed by atoms with Crippen molar-refractivity contribution in [3.8, 4) is 17.0 Å². The van der Waals surface area contributed by atoms with Gasteiger partial charge in [-0.05, 0) is 41.3 Å². The molecule has 5 rings (SSSR count). The van der Waals surface area contributed by atoms with Gasteiger partial charge in [0.05, 0.1) is 16.8 Å². The number of amides is 1. The summed E-state index contributed by atoms with van der Waals surface area (Å²) in [7, 11) is 0. The van der Waals surface area contributed by atoms with Crippen LogP contribution in [-0.2, 0) is 13.2 Å². The number of carbonyl (C=O) groups excluding carboxylic acids is 1. The van der Waals surface area contributed by atoms with Gasteiger partial charge in [0.15, 0.2) is 5.13 Å². The molecule has 3 aromatic heterocycles. The summed E-state index contributed by atoms with van der Waals surface area (Å²) in [5, 5.41) is 13.9. The third-order valence-corrected chi connectivity index (χ3v) is 6.72. The summed E-state index contributed by atoms with van der Waals surface area (Å²) < 4.78 is 7.78. The number of benzene rings is 2. The van der Waals surface area contributed by atoms with Crippen LogP contribution in [0, 0.1) is 0 Å². The van der Waals surface area contributed by atoms with Crippen molar-refractivity contribution < 1.29 is 9.53 Å². The second kappa shape index (κ2) is 8.94. The second-order valence-electron chi connectivity index (χ2n) is 7.19. The fraction of sp³-hybridized carbons (Fsp3) is 0.125. The number of carbonyl (C=O) groups is 1. The van der Waals surface area contributed by atoms with E-state index in [9.17, 15) is 4.79 Å². The van der Waals surface area contributed by atoms with E-state index in [1.54, 1.807) is 6.20 Å². The molecular weight excluding hydrogens is 440 g/mol. The molecule has 3 heterocycles. The minimum absolute atomic E-state index is 0.169. The summed E-state index contributed by atoms with van der Waals surface area (Å²) in [4.78, 5) is 17.8. The van der Waals surface area contributed by atoms with Crippen LogP contribution in [0.3, 0.4) is 0 Å². The van der Waals surface area contributed by atoms with Crippen LogP contribution in [0.2, 0.25) is 0 Å². The van der Waals surface area contributed by atoms with Gasteiger partial charge in [-0.2, -0.15) is 5.10 Å². The molecule has 1 amide bonds. The number of hydrogen-bond donors (Lipinski definition) is 1. The number of anilines is 1. The quantitative estimate of drug-likeness (QED) is 0.320. The molecular formula is C24H20N4O2S2. The standard InChI is InChI=1S/C24H20N4O2S2/c1-2-28-12-19(11-25-28)21-15-32-24(26-21)27-23(29)22-9-16(14-31-22)13-30-20-8-7-17-5-3-4-6-18(17)10-20/h3-12,14-15H,2,13H2,1H3,(H,26,27,29). The number of aryl methyl sites for hydroxylation is 1. The molecule has 160 valence electrons. The predicted molar refractivity (Wildman–Crippen MR) is 130 cm³/mol. The Balaban J connectivity index is 1.21. The van der Waals surface area contributed by atoms with Crippen LogP contribution in [0.4, 0.5) is 5.13 Å². The Morgan fingerprint density at radius 3 is 2.81 bits per heavy atom. The maximum atomic E-state index is 12.7. The number of hydrogen-bond acceptors (Lipinski definition) is 6. The summed E-state index contributed by atoms with van der Waals surface area (Å²) >= 11 is 2.79. The molecule has 0 unspecified atom stereocenters. The molecule has 0 saturated carbocycles. The second-order valence-corrected chi connectivity index (χ2v) is 8.96. The SMILES string of the molecule is CCn1cc(-c2csc(NC(=O)c3cc(COc4ccc5ccccc5c4)cs3)n2)cn1. The average molecular weight is 461 g/mol. The Morgan fingerprint density at radius 2 is 1.97 bits per heavy atom. The van der Waals surface area contributed by atoms with Crippen molar-refractivity contribution in [3.63, 3.8) is 0 Å². The first-order valence-electron chi connectivity index (χ1n) is 10.2. The highest BCUT2D eigenvalue weighted by Crippen LogP contribution is 2.26. The highest BCUT2D eigenvalue weighted by molar-refractivity contribution is 7.14. The van der Waals surface area contributed by atoms with Gasteiger partial charge in [0.2, 0.25) is 0 Å². The maximum Gasteiger partial charge on any atom is 0.267 e. The maximum absolute atomic E-state index is 12.7.